The Morgan fingerprint density at radius 3 is 2.55 bits per heavy atom. The lowest BCUT2D eigenvalue weighted by Gasteiger charge is -2.17. The third kappa shape index (κ3) is 6.12. The third-order valence-electron chi connectivity index (χ3n) is 4.68. The number of benzene rings is 2. The Bertz CT molecular complexity index is 1040. The number of rotatable bonds is 10. The van der Waals surface area contributed by atoms with E-state index >= 15 is 0 Å². The SMILES string of the molecule is CCCSc1ncc(C[C@H](NC(=O)c2ccccc2)C(=O)O)n1Cc1ccccc1Cl. The molecule has 0 fully saturated rings. The molecule has 0 radical (unpaired) electrons. The topological polar surface area (TPSA) is 84.2 Å². The molecule has 1 amide bonds. The molecule has 0 aliphatic carbocycles. The molecular weight excluding hydrogens is 434 g/mol. The Morgan fingerprint density at radius 1 is 1.16 bits per heavy atom. The molecular formula is C23H24ClN3O3S. The van der Waals surface area contributed by atoms with Gasteiger partial charge in [-0.05, 0) is 30.2 Å². The van der Waals surface area contributed by atoms with Crippen molar-refractivity contribution in [2.24, 2.45) is 0 Å². The molecule has 1 aromatic heterocycles. The van der Waals surface area contributed by atoms with Crippen LogP contribution in [0.2, 0.25) is 5.02 Å². The highest BCUT2D eigenvalue weighted by Gasteiger charge is 2.24. The number of nitrogens with zero attached hydrogens (tertiary/aromatic N) is 2. The Hall–Kier alpha value is -2.77. The minimum atomic E-state index is -1.10. The number of hydrogen-bond donors (Lipinski definition) is 2. The van der Waals surface area contributed by atoms with Gasteiger partial charge in [-0.1, -0.05) is 66.7 Å². The Balaban J connectivity index is 1.85. The van der Waals surface area contributed by atoms with Crippen molar-refractivity contribution >= 4 is 35.2 Å². The maximum atomic E-state index is 12.5. The lowest BCUT2D eigenvalue weighted by atomic mass is 10.1. The second kappa shape index (κ2) is 11.0. The molecule has 2 aromatic carbocycles. The van der Waals surface area contributed by atoms with Crippen LogP contribution in [0.25, 0.3) is 0 Å². The maximum Gasteiger partial charge on any atom is 0.326 e. The molecule has 0 spiro atoms. The molecule has 0 saturated carbocycles. The van der Waals surface area contributed by atoms with Gasteiger partial charge in [-0.3, -0.25) is 4.79 Å². The number of carbonyl (C=O) groups is 2. The van der Waals surface area contributed by atoms with E-state index in [4.69, 9.17) is 11.6 Å². The third-order valence-corrected chi connectivity index (χ3v) is 6.24. The van der Waals surface area contributed by atoms with Crippen LogP contribution in [0.15, 0.2) is 66.0 Å². The first-order chi connectivity index (χ1) is 15.0. The Morgan fingerprint density at radius 2 is 1.87 bits per heavy atom. The molecule has 0 aliphatic rings. The highest BCUT2D eigenvalue weighted by Crippen LogP contribution is 2.24. The summed E-state index contributed by atoms with van der Waals surface area (Å²) >= 11 is 7.96. The zero-order valence-electron chi connectivity index (χ0n) is 17.1. The summed E-state index contributed by atoms with van der Waals surface area (Å²) < 4.78 is 1.98. The molecule has 0 unspecified atom stereocenters. The zero-order chi connectivity index (χ0) is 22.2. The Labute approximate surface area is 190 Å². The number of imidazole rings is 1. The lowest BCUT2D eigenvalue weighted by molar-refractivity contribution is -0.139. The van der Waals surface area contributed by atoms with Crippen LogP contribution < -0.4 is 5.32 Å². The fourth-order valence-electron chi connectivity index (χ4n) is 3.07. The highest BCUT2D eigenvalue weighted by atomic mass is 35.5. The summed E-state index contributed by atoms with van der Waals surface area (Å²) in [4.78, 5) is 28.9. The van der Waals surface area contributed by atoms with Crippen molar-refractivity contribution in [3.8, 4) is 0 Å². The molecule has 1 heterocycles. The van der Waals surface area contributed by atoms with Crippen molar-refractivity contribution in [1.29, 1.82) is 0 Å². The largest absolute Gasteiger partial charge is 0.480 e. The molecule has 2 N–H and O–H groups in total. The summed E-state index contributed by atoms with van der Waals surface area (Å²) in [5.41, 5.74) is 2.05. The van der Waals surface area contributed by atoms with Gasteiger partial charge >= 0.3 is 5.97 Å². The average Bonchev–Trinajstić information content (AvgIpc) is 3.14. The lowest BCUT2D eigenvalue weighted by Crippen LogP contribution is -2.42. The monoisotopic (exact) mass is 457 g/mol. The van der Waals surface area contributed by atoms with Crippen LogP contribution in [0, 0.1) is 0 Å². The van der Waals surface area contributed by atoms with E-state index in [1.807, 2.05) is 28.8 Å². The van der Waals surface area contributed by atoms with Crippen LogP contribution in [0.3, 0.4) is 0 Å². The molecule has 0 saturated heterocycles. The van der Waals surface area contributed by atoms with Crippen LogP contribution in [0.1, 0.15) is 35.0 Å². The van der Waals surface area contributed by atoms with Crippen LogP contribution >= 0.6 is 23.4 Å². The number of aliphatic carboxylic acids is 1. The van der Waals surface area contributed by atoms with Gasteiger partial charge in [0.25, 0.3) is 5.91 Å². The fraction of sp³-hybridized carbons (Fsp3) is 0.261. The van der Waals surface area contributed by atoms with Crippen LogP contribution in [-0.4, -0.2) is 38.3 Å². The number of hydrogen-bond acceptors (Lipinski definition) is 4. The van der Waals surface area contributed by atoms with Crippen molar-refractivity contribution in [2.75, 3.05) is 5.75 Å². The van der Waals surface area contributed by atoms with E-state index < -0.39 is 17.9 Å². The Kier molecular flexibility index (Phi) is 8.14. The van der Waals surface area contributed by atoms with Crippen molar-refractivity contribution < 1.29 is 14.7 Å². The number of thioether (sulfide) groups is 1. The van der Waals surface area contributed by atoms with Crippen molar-refractivity contribution in [2.45, 2.75) is 37.5 Å². The molecule has 3 aromatic rings. The molecule has 3 rings (SSSR count). The molecule has 31 heavy (non-hydrogen) atoms. The molecule has 6 nitrogen and oxygen atoms in total. The number of halogens is 1. The first kappa shape index (κ1) is 22.9. The number of nitrogens with one attached hydrogen (secondary N) is 1. The number of amides is 1. The summed E-state index contributed by atoms with van der Waals surface area (Å²) in [5.74, 6) is -0.630. The number of aromatic nitrogens is 2. The minimum absolute atomic E-state index is 0.109. The summed E-state index contributed by atoms with van der Waals surface area (Å²) in [6.45, 7) is 2.56. The van der Waals surface area contributed by atoms with Crippen molar-refractivity contribution in [1.82, 2.24) is 14.9 Å². The normalized spacial score (nSPS) is 11.8. The first-order valence-corrected chi connectivity index (χ1v) is 11.3. The van der Waals surface area contributed by atoms with E-state index in [1.54, 1.807) is 48.3 Å². The molecule has 0 aliphatic heterocycles. The van der Waals surface area contributed by atoms with Gasteiger partial charge in [-0.25, -0.2) is 9.78 Å². The van der Waals surface area contributed by atoms with E-state index in [0.717, 1.165) is 28.6 Å². The summed E-state index contributed by atoms with van der Waals surface area (Å²) in [7, 11) is 0. The van der Waals surface area contributed by atoms with Crippen LogP contribution in [-0.2, 0) is 17.8 Å². The second-order valence-corrected chi connectivity index (χ2v) is 8.46. The summed E-state index contributed by atoms with van der Waals surface area (Å²) in [6, 6.07) is 15.0. The molecule has 8 heteroatoms. The zero-order valence-corrected chi connectivity index (χ0v) is 18.7. The smallest absolute Gasteiger partial charge is 0.326 e. The standard InChI is InChI=1S/C23H24ClN3O3S/c1-2-12-31-23-25-14-18(27(23)15-17-10-6-7-11-19(17)24)13-20(22(29)30)26-21(28)16-8-4-3-5-9-16/h3-11,14,20H,2,12-13,15H2,1H3,(H,26,28)(H,29,30)/t20-/m0/s1. The molecule has 162 valence electrons. The van der Waals surface area contributed by atoms with Gasteiger partial charge in [-0.2, -0.15) is 0 Å². The predicted octanol–water partition coefficient (Wildman–Crippen LogP) is 4.51. The number of carbonyl (C=O) groups excluding carboxylic acids is 1. The maximum absolute atomic E-state index is 12.5. The number of carboxylic acids is 1. The predicted molar refractivity (Wildman–Crippen MR) is 123 cm³/mol. The van der Waals surface area contributed by atoms with Crippen LogP contribution in [0.5, 0.6) is 0 Å². The van der Waals surface area contributed by atoms with Crippen molar-refractivity contribution in [3.63, 3.8) is 0 Å². The second-order valence-electron chi connectivity index (χ2n) is 6.99. The van der Waals surface area contributed by atoms with Gasteiger partial charge in [0.05, 0.1) is 6.54 Å². The van der Waals surface area contributed by atoms with E-state index in [2.05, 4.69) is 17.2 Å². The first-order valence-electron chi connectivity index (χ1n) is 9.99. The molecule has 0 bridgehead atoms. The minimum Gasteiger partial charge on any atom is -0.480 e. The van der Waals surface area contributed by atoms with Gasteiger partial charge in [-0.15, -0.1) is 0 Å². The quantitative estimate of drug-likeness (QED) is 0.437. The van der Waals surface area contributed by atoms with Gasteiger partial charge in [0, 0.05) is 34.7 Å². The fourth-order valence-corrected chi connectivity index (χ4v) is 4.12. The average molecular weight is 458 g/mol. The van der Waals surface area contributed by atoms with Crippen molar-refractivity contribution in [3.05, 3.63) is 82.6 Å². The van der Waals surface area contributed by atoms with Crippen LogP contribution in [0.4, 0.5) is 0 Å². The summed E-state index contributed by atoms with van der Waals surface area (Å²) in [6.07, 6.45) is 2.78. The number of carboxylic acid groups (broad SMARTS) is 1. The van der Waals surface area contributed by atoms with Gasteiger partial charge in [0.15, 0.2) is 5.16 Å². The van der Waals surface area contributed by atoms with E-state index in [0.29, 0.717) is 17.1 Å². The van der Waals surface area contributed by atoms with E-state index in [-0.39, 0.29) is 6.42 Å². The van der Waals surface area contributed by atoms with Gasteiger partial charge in [0.1, 0.15) is 6.04 Å². The molecule has 1 atom stereocenters. The highest BCUT2D eigenvalue weighted by molar-refractivity contribution is 7.99. The van der Waals surface area contributed by atoms with Gasteiger partial charge in [0.2, 0.25) is 0 Å². The van der Waals surface area contributed by atoms with Gasteiger partial charge < -0.3 is 15.0 Å². The van der Waals surface area contributed by atoms with E-state index in [9.17, 15) is 14.7 Å². The van der Waals surface area contributed by atoms with E-state index in [1.165, 1.54) is 0 Å². The summed E-state index contributed by atoms with van der Waals surface area (Å²) in [5, 5.41) is 13.8.